The van der Waals surface area contributed by atoms with Gasteiger partial charge in [-0.05, 0) is 60.6 Å². The average molecular weight is 394 g/mol. The van der Waals surface area contributed by atoms with E-state index in [1.54, 1.807) is 0 Å². The SMILES string of the molecule is CC1CCCN1C(=O)c1cc(Br)ccc1I. The molecule has 1 amide bonds. The van der Waals surface area contributed by atoms with Gasteiger partial charge in [-0.3, -0.25) is 4.79 Å². The molecule has 1 aliphatic rings. The molecule has 1 aromatic rings. The zero-order chi connectivity index (χ0) is 11.7. The maximum atomic E-state index is 12.3. The van der Waals surface area contributed by atoms with Crippen LogP contribution in [-0.2, 0) is 0 Å². The van der Waals surface area contributed by atoms with Crippen LogP contribution < -0.4 is 0 Å². The summed E-state index contributed by atoms with van der Waals surface area (Å²) < 4.78 is 1.98. The van der Waals surface area contributed by atoms with E-state index in [9.17, 15) is 4.79 Å². The number of benzene rings is 1. The summed E-state index contributed by atoms with van der Waals surface area (Å²) in [6, 6.07) is 6.22. The Morgan fingerprint density at radius 3 is 2.94 bits per heavy atom. The maximum Gasteiger partial charge on any atom is 0.255 e. The first-order valence-corrected chi connectivity index (χ1v) is 7.23. The third-order valence-electron chi connectivity index (χ3n) is 2.97. The number of nitrogens with zero attached hydrogens (tertiary/aromatic N) is 1. The Kier molecular flexibility index (Phi) is 3.89. The van der Waals surface area contributed by atoms with Crippen LogP contribution in [-0.4, -0.2) is 23.4 Å². The summed E-state index contributed by atoms with van der Waals surface area (Å²) >= 11 is 5.63. The van der Waals surface area contributed by atoms with Crippen LogP contribution in [0.3, 0.4) is 0 Å². The highest BCUT2D eigenvalue weighted by Crippen LogP contribution is 2.24. The fraction of sp³-hybridized carbons (Fsp3) is 0.417. The van der Waals surface area contributed by atoms with Gasteiger partial charge in [0.1, 0.15) is 0 Å². The maximum absolute atomic E-state index is 12.3. The van der Waals surface area contributed by atoms with Gasteiger partial charge in [0.05, 0.1) is 5.56 Å². The predicted octanol–water partition coefficient (Wildman–Crippen LogP) is 3.68. The van der Waals surface area contributed by atoms with E-state index in [1.807, 2.05) is 23.1 Å². The molecule has 86 valence electrons. The van der Waals surface area contributed by atoms with Gasteiger partial charge in [0.15, 0.2) is 0 Å². The van der Waals surface area contributed by atoms with Crippen LogP contribution in [0.25, 0.3) is 0 Å². The van der Waals surface area contributed by atoms with E-state index in [2.05, 4.69) is 45.4 Å². The van der Waals surface area contributed by atoms with Gasteiger partial charge >= 0.3 is 0 Å². The van der Waals surface area contributed by atoms with E-state index in [1.165, 1.54) is 0 Å². The summed E-state index contributed by atoms with van der Waals surface area (Å²) in [6.45, 7) is 3.01. The minimum absolute atomic E-state index is 0.163. The van der Waals surface area contributed by atoms with Crippen molar-refractivity contribution in [2.45, 2.75) is 25.8 Å². The van der Waals surface area contributed by atoms with Crippen molar-refractivity contribution in [3.8, 4) is 0 Å². The Balaban J connectivity index is 2.29. The van der Waals surface area contributed by atoms with Crippen LogP contribution in [0.1, 0.15) is 30.1 Å². The van der Waals surface area contributed by atoms with Gasteiger partial charge in [-0.15, -0.1) is 0 Å². The molecule has 0 spiro atoms. The summed E-state index contributed by atoms with van der Waals surface area (Å²) in [7, 11) is 0. The Hall–Kier alpha value is -0.100. The molecule has 16 heavy (non-hydrogen) atoms. The molecule has 1 unspecified atom stereocenters. The van der Waals surface area contributed by atoms with Gasteiger partial charge < -0.3 is 4.90 Å². The molecule has 1 aliphatic heterocycles. The molecule has 2 rings (SSSR count). The number of likely N-dealkylation sites (tertiary alicyclic amines) is 1. The van der Waals surface area contributed by atoms with Crippen LogP contribution in [0.2, 0.25) is 0 Å². The first-order chi connectivity index (χ1) is 7.59. The molecule has 2 nitrogen and oxygen atoms in total. The fourth-order valence-electron chi connectivity index (χ4n) is 2.05. The Morgan fingerprint density at radius 1 is 1.56 bits per heavy atom. The van der Waals surface area contributed by atoms with Gasteiger partial charge in [-0.1, -0.05) is 15.9 Å². The highest BCUT2D eigenvalue weighted by Gasteiger charge is 2.27. The standard InChI is InChI=1S/C12H13BrINO/c1-8-3-2-6-15(8)12(16)10-7-9(13)4-5-11(10)14/h4-5,7-8H,2-3,6H2,1H3. The molecule has 4 heteroatoms. The number of amides is 1. The van der Waals surface area contributed by atoms with Gasteiger partial charge in [-0.25, -0.2) is 0 Å². The second kappa shape index (κ2) is 5.04. The van der Waals surface area contributed by atoms with Gasteiger partial charge in [0.25, 0.3) is 5.91 Å². The quantitative estimate of drug-likeness (QED) is 0.666. The zero-order valence-corrected chi connectivity index (χ0v) is 12.8. The molecular formula is C12H13BrINO. The molecule has 1 aromatic carbocycles. The molecule has 0 saturated carbocycles. The van der Waals surface area contributed by atoms with E-state index in [0.29, 0.717) is 6.04 Å². The molecule has 1 saturated heterocycles. The third-order valence-corrected chi connectivity index (χ3v) is 4.41. The molecule has 0 N–H and O–H groups in total. The van der Waals surface area contributed by atoms with E-state index in [-0.39, 0.29) is 5.91 Å². The van der Waals surface area contributed by atoms with Gasteiger partial charge in [-0.2, -0.15) is 0 Å². The fourth-order valence-corrected chi connectivity index (χ4v) is 2.98. The summed E-state index contributed by atoms with van der Waals surface area (Å²) in [5.74, 6) is 0.163. The van der Waals surface area contributed by atoms with E-state index < -0.39 is 0 Å². The highest BCUT2D eigenvalue weighted by molar-refractivity contribution is 14.1. The summed E-state index contributed by atoms with van der Waals surface area (Å²) in [6.07, 6.45) is 2.24. The van der Waals surface area contributed by atoms with Gasteiger partial charge in [0, 0.05) is 20.6 Å². The summed E-state index contributed by atoms with van der Waals surface area (Å²) in [5, 5.41) is 0. The summed E-state index contributed by atoms with van der Waals surface area (Å²) in [5.41, 5.74) is 0.809. The molecule has 0 radical (unpaired) electrons. The zero-order valence-electron chi connectivity index (χ0n) is 9.04. The summed E-state index contributed by atoms with van der Waals surface area (Å²) in [4.78, 5) is 14.3. The average Bonchev–Trinajstić information content (AvgIpc) is 2.67. The van der Waals surface area contributed by atoms with Crippen molar-refractivity contribution in [3.05, 3.63) is 31.8 Å². The second-order valence-electron chi connectivity index (χ2n) is 4.11. The van der Waals surface area contributed by atoms with Crippen LogP contribution in [0, 0.1) is 3.57 Å². The van der Waals surface area contributed by atoms with Crippen LogP contribution >= 0.6 is 38.5 Å². The molecule has 0 bridgehead atoms. The Bertz CT molecular complexity index is 421. The highest BCUT2D eigenvalue weighted by atomic mass is 127. The lowest BCUT2D eigenvalue weighted by Gasteiger charge is -2.22. The first kappa shape index (κ1) is 12.4. The second-order valence-corrected chi connectivity index (χ2v) is 6.19. The lowest BCUT2D eigenvalue weighted by atomic mass is 10.2. The number of rotatable bonds is 1. The number of halogens is 2. The van der Waals surface area contributed by atoms with Crippen molar-refractivity contribution >= 4 is 44.4 Å². The Labute approximate surface area is 118 Å². The number of hydrogen-bond acceptors (Lipinski definition) is 1. The smallest absolute Gasteiger partial charge is 0.255 e. The number of carbonyl (C=O) groups is 1. The lowest BCUT2D eigenvalue weighted by Crippen LogP contribution is -2.34. The number of carbonyl (C=O) groups excluding carboxylic acids is 1. The third kappa shape index (κ3) is 2.42. The first-order valence-electron chi connectivity index (χ1n) is 5.35. The minimum Gasteiger partial charge on any atom is -0.336 e. The molecule has 1 fully saturated rings. The van der Waals surface area contributed by atoms with Crippen molar-refractivity contribution in [2.24, 2.45) is 0 Å². The molecule has 0 aliphatic carbocycles. The number of hydrogen-bond donors (Lipinski definition) is 0. The van der Waals surface area contributed by atoms with E-state index in [4.69, 9.17) is 0 Å². The molecule has 1 heterocycles. The Morgan fingerprint density at radius 2 is 2.31 bits per heavy atom. The monoisotopic (exact) mass is 393 g/mol. The van der Waals surface area contributed by atoms with Crippen molar-refractivity contribution in [3.63, 3.8) is 0 Å². The molecular weight excluding hydrogens is 381 g/mol. The normalized spacial score (nSPS) is 20.2. The molecule has 1 atom stereocenters. The minimum atomic E-state index is 0.163. The topological polar surface area (TPSA) is 20.3 Å². The lowest BCUT2D eigenvalue weighted by molar-refractivity contribution is 0.0746. The van der Waals surface area contributed by atoms with Crippen molar-refractivity contribution in [1.29, 1.82) is 0 Å². The predicted molar refractivity (Wildman–Crippen MR) is 76.6 cm³/mol. The van der Waals surface area contributed by atoms with Crippen LogP contribution in [0.15, 0.2) is 22.7 Å². The van der Waals surface area contributed by atoms with E-state index in [0.717, 1.165) is 33.0 Å². The van der Waals surface area contributed by atoms with Crippen molar-refractivity contribution < 1.29 is 4.79 Å². The molecule has 0 aromatic heterocycles. The van der Waals surface area contributed by atoms with E-state index >= 15 is 0 Å². The van der Waals surface area contributed by atoms with Crippen LogP contribution in [0.4, 0.5) is 0 Å². The van der Waals surface area contributed by atoms with Crippen LogP contribution in [0.5, 0.6) is 0 Å². The van der Waals surface area contributed by atoms with Gasteiger partial charge in [0.2, 0.25) is 0 Å². The van der Waals surface area contributed by atoms with Crippen molar-refractivity contribution in [2.75, 3.05) is 6.54 Å². The largest absolute Gasteiger partial charge is 0.336 e. The van der Waals surface area contributed by atoms with Crippen molar-refractivity contribution in [1.82, 2.24) is 4.90 Å².